The lowest BCUT2D eigenvalue weighted by Crippen LogP contribution is -2.32. The quantitative estimate of drug-likeness (QED) is 0.792. The molecule has 0 radical (unpaired) electrons. The van der Waals surface area contributed by atoms with Crippen molar-refractivity contribution in [1.82, 2.24) is 4.90 Å². The van der Waals surface area contributed by atoms with Gasteiger partial charge >= 0.3 is 0 Å². The summed E-state index contributed by atoms with van der Waals surface area (Å²) in [5, 5.41) is 5.80. The van der Waals surface area contributed by atoms with Crippen LogP contribution in [0.3, 0.4) is 0 Å². The molecule has 2 aromatic carbocycles. The molecule has 0 aromatic heterocycles. The van der Waals surface area contributed by atoms with Gasteiger partial charge in [-0.1, -0.05) is 29.8 Å². The van der Waals surface area contributed by atoms with E-state index in [1.165, 1.54) is 18.2 Å². The summed E-state index contributed by atoms with van der Waals surface area (Å²) < 4.78 is 13.1. The van der Waals surface area contributed by atoms with Gasteiger partial charge in [0.25, 0.3) is 0 Å². The zero-order valence-corrected chi connectivity index (χ0v) is 14.5. The Morgan fingerprint density at radius 3 is 2.56 bits per heavy atom. The molecule has 0 heterocycles. The van der Waals surface area contributed by atoms with E-state index in [2.05, 4.69) is 10.6 Å². The van der Waals surface area contributed by atoms with E-state index in [0.717, 1.165) is 0 Å². The Morgan fingerprint density at radius 2 is 1.84 bits per heavy atom. The summed E-state index contributed by atoms with van der Waals surface area (Å²) in [6.07, 6.45) is 0.187. The molecule has 0 saturated carbocycles. The molecule has 0 unspecified atom stereocenters. The van der Waals surface area contributed by atoms with E-state index in [4.69, 9.17) is 11.6 Å². The SMILES string of the molecule is CN(CCC(=O)Nc1cccc(F)c1)CC(=O)Nc1ccccc1Cl. The molecule has 2 amide bonds. The topological polar surface area (TPSA) is 61.4 Å². The number of hydrogen-bond donors (Lipinski definition) is 2. The number of nitrogens with one attached hydrogen (secondary N) is 2. The number of benzene rings is 2. The zero-order valence-electron chi connectivity index (χ0n) is 13.8. The van der Waals surface area contributed by atoms with Crippen LogP contribution in [-0.4, -0.2) is 36.9 Å². The Bertz CT molecular complexity index is 755. The van der Waals surface area contributed by atoms with Crippen LogP contribution in [0.4, 0.5) is 15.8 Å². The fourth-order valence-electron chi connectivity index (χ4n) is 2.16. The smallest absolute Gasteiger partial charge is 0.238 e. The second-order valence-electron chi connectivity index (χ2n) is 5.57. The fourth-order valence-corrected chi connectivity index (χ4v) is 2.34. The summed E-state index contributed by atoms with van der Waals surface area (Å²) in [6.45, 7) is 0.509. The predicted molar refractivity (Wildman–Crippen MR) is 97.2 cm³/mol. The van der Waals surface area contributed by atoms with Gasteiger partial charge in [0.2, 0.25) is 11.8 Å². The summed E-state index contributed by atoms with van der Waals surface area (Å²) >= 11 is 5.99. The van der Waals surface area contributed by atoms with Crippen molar-refractivity contribution in [2.75, 3.05) is 30.8 Å². The van der Waals surface area contributed by atoms with Crippen molar-refractivity contribution >= 4 is 34.8 Å². The summed E-state index contributed by atoms with van der Waals surface area (Å²) in [5.74, 6) is -0.878. The van der Waals surface area contributed by atoms with E-state index in [-0.39, 0.29) is 24.8 Å². The summed E-state index contributed by atoms with van der Waals surface area (Å²) in [6, 6.07) is 12.7. The van der Waals surface area contributed by atoms with Crippen LogP contribution in [0.15, 0.2) is 48.5 Å². The Morgan fingerprint density at radius 1 is 1.08 bits per heavy atom. The number of para-hydroxylation sites is 1. The Labute approximate surface area is 150 Å². The van der Waals surface area contributed by atoms with Crippen molar-refractivity contribution in [2.24, 2.45) is 0 Å². The molecule has 0 aliphatic rings. The van der Waals surface area contributed by atoms with Crippen LogP contribution >= 0.6 is 11.6 Å². The Kier molecular flexibility index (Phi) is 6.91. The number of hydrogen-bond acceptors (Lipinski definition) is 3. The third-order valence-electron chi connectivity index (χ3n) is 3.39. The number of amides is 2. The molecule has 0 saturated heterocycles. The monoisotopic (exact) mass is 363 g/mol. The predicted octanol–water partition coefficient (Wildman–Crippen LogP) is 3.38. The molecule has 0 aliphatic carbocycles. The average molecular weight is 364 g/mol. The third-order valence-corrected chi connectivity index (χ3v) is 3.72. The maximum Gasteiger partial charge on any atom is 0.238 e. The lowest BCUT2D eigenvalue weighted by molar-refractivity contribution is -0.119. The molecular weight excluding hydrogens is 345 g/mol. The van der Waals surface area contributed by atoms with Gasteiger partial charge in [-0.3, -0.25) is 14.5 Å². The van der Waals surface area contributed by atoms with Crippen LogP contribution in [0.25, 0.3) is 0 Å². The van der Waals surface area contributed by atoms with Gasteiger partial charge in [0.15, 0.2) is 0 Å². The van der Waals surface area contributed by atoms with E-state index in [1.54, 1.807) is 42.3 Å². The normalized spacial score (nSPS) is 10.6. The van der Waals surface area contributed by atoms with Gasteiger partial charge in [-0.2, -0.15) is 0 Å². The van der Waals surface area contributed by atoms with E-state index in [9.17, 15) is 14.0 Å². The van der Waals surface area contributed by atoms with Gasteiger partial charge in [-0.15, -0.1) is 0 Å². The highest BCUT2D eigenvalue weighted by molar-refractivity contribution is 6.33. The highest BCUT2D eigenvalue weighted by Crippen LogP contribution is 2.20. The van der Waals surface area contributed by atoms with Crippen molar-refractivity contribution in [1.29, 1.82) is 0 Å². The number of carbonyl (C=O) groups is 2. The number of halogens is 2. The molecule has 0 bridgehead atoms. The lowest BCUT2D eigenvalue weighted by Gasteiger charge is -2.16. The first-order valence-corrected chi connectivity index (χ1v) is 8.10. The number of anilines is 2. The molecule has 0 aliphatic heterocycles. The average Bonchev–Trinajstić information content (AvgIpc) is 2.55. The molecule has 2 rings (SSSR count). The molecule has 2 aromatic rings. The van der Waals surface area contributed by atoms with Crippen LogP contribution in [0, 0.1) is 5.82 Å². The molecule has 7 heteroatoms. The van der Waals surface area contributed by atoms with Crippen molar-refractivity contribution in [3.63, 3.8) is 0 Å². The maximum atomic E-state index is 13.1. The van der Waals surface area contributed by atoms with Crippen molar-refractivity contribution in [3.05, 3.63) is 59.4 Å². The van der Waals surface area contributed by atoms with Gasteiger partial charge in [0.05, 0.1) is 17.3 Å². The van der Waals surface area contributed by atoms with E-state index < -0.39 is 5.82 Å². The molecule has 2 N–H and O–H groups in total. The van der Waals surface area contributed by atoms with Gasteiger partial charge in [-0.05, 0) is 37.4 Å². The fraction of sp³-hybridized carbons (Fsp3) is 0.222. The summed E-state index contributed by atoms with van der Waals surface area (Å²) in [5.41, 5.74) is 0.954. The number of nitrogens with zero attached hydrogens (tertiary/aromatic N) is 1. The maximum absolute atomic E-state index is 13.1. The molecule has 132 valence electrons. The molecule has 25 heavy (non-hydrogen) atoms. The Balaban J connectivity index is 1.74. The first-order chi connectivity index (χ1) is 11.9. The largest absolute Gasteiger partial charge is 0.326 e. The Hall–Kier alpha value is -2.44. The molecule has 0 atom stereocenters. The van der Waals surface area contributed by atoms with E-state index >= 15 is 0 Å². The minimum atomic E-state index is -0.411. The van der Waals surface area contributed by atoms with Crippen LogP contribution in [0.2, 0.25) is 5.02 Å². The summed E-state index contributed by atoms with van der Waals surface area (Å²) in [4.78, 5) is 25.6. The minimum absolute atomic E-state index is 0.123. The summed E-state index contributed by atoms with van der Waals surface area (Å²) in [7, 11) is 1.74. The number of likely N-dealkylation sites (N-methyl/N-ethyl adjacent to an activating group) is 1. The van der Waals surface area contributed by atoms with Gasteiger partial charge in [0.1, 0.15) is 5.82 Å². The van der Waals surface area contributed by atoms with Crippen LogP contribution in [0.5, 0.6) is 0 Å². The van der Waals surface area contributed by atoms with Crippen LogP contribution in [-0.2, 0) is 9.59 Å². The second-order valence-corrected chi connectivity index (χ2v) is 5.98. The van der Waals surface area contributed by atoms with Gasteiger partial charge in [-0.25, -0.2) is 4.39 Å². The molecule has 0 spiro atoms. The van der Waals surface area contributed by atoms with E-state index in [1.807, 2.05) is 0 Å². The minimum Gasteiger partial charge on any atom is -0.326 e. The van der Waals surface area contributed by atoms with Crippen LogP contribution in [0.1, 0.15) is 6.42 Å². The first-order valence-electron chi connectivity index (χ1n) is 7.72. The van der Waals surface area contributed by atoms with Crippen molar-refractivity contribution in [2.45, 2.75) is 6.42 Å². The van der Waals surface area contributed by atoms with Crippen LogP contribution < -0.4 is 10.6 Å². The first kappa shape index (κ1) is 18.9. The number of carbonyl (C=O) groups excluding carboxylic acids is 2. The molecular formula is C18H19ClFN3O2. The van der Waals surface area contributed by atoms with Crippen molar-refractivity contribution < 1.29 is 14.0 Å². The highest BCUT2D eigenvalue weighted by atomic mass is 35.5. The second kappa shape index (κ2) is 9.15. The van der Waals surface area contributed by atoms with E-state index in [0.29, 0.717) is 22.9 Å². The highest BCUT2D eigenvalue weighted by Gasteiger charge is 2.10. The number of rotatable bonds is 7. The zero-order chi connectivity index (χ0) is 18.2. The molecule has 0 fully saturated rings. The molecule has 5 nitrogen and oxygen atoms in total. The lowest BCUT2D eigenvalue weighted by atomic mass is 10.3. The van der Waals surface area contributed by atoms with Gasteiger partial charge in [0, 0.05) is 18.7 Å². The third kappa shape index (κ3) is 6.52. The van der Waals surface area contributed by atoms with Crippen molar-refractivity contribution in [3.8, 4) is 0 Å². The van der Waals surface area contributed by atoms with Gasteiger partial charge < -0.3 is 10.6 Å². The standard InChI is InChI=1S/C18H19ClFN3O2/c1-23(12-18(25)22-16-8-3-2-7-15(16)19)10-9-17(24)21-14-6-4-5-13(20)11-14/h2-8,11H,9-10,12H2,1H3,(H,21,24)(H,22,25).